The van der Waals surface area contributed by atoms with Crippen LogP contribution in [0.4, 0.5) is 23.4 Å². The normalized spacial score (nSPS) is 13.2. The van der Waals surface area contributed by atoms with Gasteiger partial charge in [-0.3, -0.25) is 0 Å². The van der Waals surface area contributed by atoms with E-state index in [1.54, 1.807) is 0 Å². The Morgan fingerprint density at radius 1 is 1.19 bits per heavy atom. The van der Waals surface area contributed by atoms with Crippen molar-refractivity contribution in [2.24, 2.45) is 0 Å². The summed E-state index contributed by atoms with van der Waals surface area (Å²) in [5.74, 6) is -1.14. The number of hydrogen-bond acceptors (Lipinski definition) is 3. The highest BCUT2D eigenvalue weighted by Crippen LogP contribution is 2.34. The van der Waals surface area contributed by atoms with Crippen molar-refractivity contribution in [3.8, 4) is 0 Å². The molecule has 0 bridgehead atoms. The predicted octanol–water partition coefficient (Wildman–Crippen LogP) is 3.56. The molecule has 1 atom stereocenters. The van der Waals surface area contributed by atoms with Gasteiger partial charge in [-0.1, -0.05) is 11.6 Å². The number of alkyl halides is 3. The molecule has 3 N–H and O–H groups in total. The zero-order valence-corrected chi connectivity index (χ0v) is 11.1. The molecule has 0 aliphatic rings. The molecule has 0 amide bonds. The predicted molar refractivity (Wildman–Crippen MR) is 69.1 cm³/mol. The Balaban J connectivity index is 2.52. The van der Waals surface area contributed by atoms with Gasteiger partial charge in [-0.05, 0) is 24.3 Å². The van der Waals surface area contributed by atoms with Crippen molar-refractivity contribution in [2.75, 3.05) is 5.73 Å². The van der Waals surface area contributed by atoms with Crippen LogP contribution < -0.4 is 5.73 Å². The summed E-state index contributed by atoms with van der Waals surface area (Å²) < 4.78 is 51.6. The van der Waals surface area contributed by atoms with Gasteiger partial charge in [0.25, 0.3) is 0 Å². The second-order valence-corrected chi connectivity index (χ2v) is 4.70. The van der Waals surface area contributed by atoms with E-state index in [0.717, 1.165) is 0 Å². The van der Waals surface area contributed by atoms with E-state index >= 15 is 0 Å². The Kier molecular flexibility index (Phi) is 4.06. The molecular weight excluding hydrogens is 312 g/mol. The number of benzene rings is 1. The van der Waals surface area contributed by atoms with Crippen LogP contribution in [0.2, 0.25) is 5.02 Å². The highest BCUT2D eigenvalue weighted by atomic mass is 35.5. The Hall–Kier alpha value is -1.86. The van der Waals surface area contributed by atoms with Crippen LogP contribution in [0.25, 0.3) is 0 Å². The first-order valence-electron chi connectivity index (χ1n) is 5.66. The largest absolute Gasteiger partial charge is 0.416 e. The smallest absolute Gasteiger partial charge is 0.383 e. The number of hydrogen-bond donors (Lipinski definition) is 2. The molecule has 1 unspecified atom stereocenters. The lowest BCUT2D eigenvalue weighted by atomic mass is 9.99. The number of nitrogens with zero attached hydrogens (tertiary/aromatic N) is 1. The van der Waals surface area contributed by atoms with Crippen molar-refractivity contribution in [3.63, 3.8) is 0 Å². The molecule has 2 rings (SSSR count). The maximum atomic E-state index is 13.7. The van der Waals surface area contributed by atoms with Crippen molar-refractivity contribution in [1.29, 1.82) is 0 Å². The average molecular weight is 321 g/mol. The van der Waals surface area contributed by atoms with Crippen molar-refractivity contribution in [3.05, 3.63) is 58.0 Å². The zero-order valence-electron chi connectivity index (χ0n) is 10.3. The molecule has 0 radical (unpaired) electrons. The fourth-order valence-corrected chi connectivity index (χ4v) is 1.95. The van der Waals surface area contributed by atoms with Crippen LogP contribution in [0.1, 0.15) is 22.8 Å². The molecule has 0 spiro atoms. The summed E-state index contributed by atoms with van der Waals surface area (Å²) in [5, 5.41) is 10.2. The van der Waals surface area contributed by atoms with E-state index in [-0.39, 0.29) is 16.4 Å². The van der Waals surface area contributed by atoms with Crippen LogP contribution >= 0.6 is 11.6 Å². The van der Waals surface area contributed by atoms with E-state index in [9.17, 15) is 22.7 Å². The van der Waals surface area contributed by atoms with Gasteiger partial charge in [0.1, 0.15) is 17.7 Å². The van der Waals surface area contributed by atoms with Gasteiger partial charge < -0.3 is 10.8 Å². The first kappa shape index (κ1) is 15.5. The van der Waals surface area contributed by atoms with E-state index in [1.807, 2.05) is 0 Å². The number of aliphatic hydroxyl groups excluding tert-OH is 1. The quantitative estimate of drug-likeness (QED) is 0.832. The summed E-state index contributed by atoms with van der Waals surface area (Å²) in [4.78, 5) is 3.67. The summed E-state index contributed by atoms with van der Waals surface area (Å²) in [6, 6.07) is 2.97. The molecule has 21 heavy (non-hydrogen) atoms. The fourth-order valence-electron chi connectivity index (χ4n) is 1.78. The van der Waals surface area contributed by atoms with Crippen molar-refractivity contribution in [1.82, 2.24) is 4.98 Å². The van der Waals surface area contributed by atoms with Gasteiger partial charge in [-0.25, -0.2) is 9.37 Å². The lowest BCUT2D eigenvalue weighted by Gasteiger charge is -2.16. The number of pyridine rings is 1. The molecule has 112 valence electrons. The minimum Gasteiger partial charge on any atom is -0.383 e. The van der Waals surface area contributed by atoms with E-state index in [2.05, 4.69) is 4.98 Å². The minimum absolute atomic E-state index is 0.0688. The monoisotopic (exact) mass is 320 g/mol. The molecule has 1 heterocycles. The van der Waals surface area contributed by atoms with Crippen molar-refractivity contribution >= 4 is 17.4 Å². The minimum atomic E-state index is -4.65. The molecule has 2 aromatic rings. The highest BCUT2D eigenvalue weighted by Gasteiger charge is 2.32. The van der Waals surface area contributed by atoms with Crippen LogP contribution in [-0.4, -0.2) is 10.1 Å². The molecule has 0 aliphatic carbocycles. The standard InChI is InChI=1S/C13H9ClF4N2O/c14-7-4-9(12(19)20-5-7)11(21)8-3-6(13(16,17)18)1-2-10(8)15/h1-5,11,21H,(H2,19,20). The first-order chi connectivity index (χ1) is 9.70. The number of halogens is 5. The molecule has 0 aliphatic heterocycles. The van der Waals surface area contributed by atoms with Crippen LogP contribution in [0.15, 0.2) is 30.5 Å². The van der Waals surface area contributed by atoms with Gasteiger partial charge in [0, 0.05) is 17.3 Å². The van der Waals surface area contributed by atoms with Crippen molar-refractivity contribution < 1.29 is 22.7 Å². The van der Waals surface area contributed by atoms with Crippen LogP contribution in [0.5, 0.6) is 0 Å². The van der Waals surface area contributed by atoms with Gasteiger partial charge in [-0.15, -0.1) is 0 Å². The summed E-state index contributed by atoms with van der Waals surface area (Å²) in [5.41, 5.74) is 3.83. The van der Waals surface area contributed by atoms with Crippen LogP contribution in [0.3, 0.4) is 0 Å². The number of anilines is 1. The van der Waals surface area contributed by atoms with E-state index in [1.165, 1.54) is 12.3 Å². The Labute approximate surface area is 122 Å². The zero-order chi connectivity index (χ0) is 15.8. The fraction of sp³-hybridized carbons (Fsp3) is 0.154. The first-order valence-corrected chi connectivity index (χ1v) is 6.03. The lowest BCUT2D eigenvalue weighted by molar-refractivity contribution is -0.137. The van der Waals surface area contributed by atoms with Gasteiger partial charge in [-0.2, -0.15) is 13.2 Å². The molecule has 1 aromatic heterocycles. The van der Waals surface area contributed by atoms with E-state index in [0.29, 0.717) is 18.2 Å². The lowest BCUT2D eigenvalue weighted by Crippen LogP contribution is -2.11. The molecule has 8 heteroatoms. The summed E-state index contributed by atoms with van der Waals surface area (Å²) in [6.07, 6.45) is -5.16. The summed E-state index contributed by atoms with van der Waals surface area (Å²) in [6.45, 7) is 0. The molecule has 1 aromatic carbocycles. The summed E-state index contributed by atoms with van der Waals surface area (Å²) in [7, 11) is 0. The highest BCUT2D eigenvalue weighted by molar-refractivity contribution is 6.30. The second-order valence-electron chi connectivity index (χ2n) is 4.26. The maximum Gasteiger partial charge on any atom is 0.416 e. The van der Waals surface area contributed by atoms with Gasteiger partial charge in [0.15, 0.2) is 0 Å². The third-order valence-corrected chi connectivity index (χ3v) is 3.04. The third kappa shape index (κ3) is 3.25. The molecule has 0 saturated heterocycles. The topological polar surface area (TPSA) is 59.1 Å². The molecule has 3 nitrogen and oxygen atoms in total. The van der Waals surface area contributed by atoms with Gasteiger partial charge >= 0.3 is 6.18 Å². The van der Waals surface area contributed by atoms with E-state index in [4.69, 9.17) is 17.3 Å². The summed E-state index contributed by atoms with van der Waals surface area (Å²) >= 11 is 5.69. The maximum absolute atomic E-state index is 13.7. The Bertz CT molecular complexity index is 676. The van der Waals surface area contributed by atoms with Crippen LogP contribution in [0, 0.1) is 5.82 Å². The number of aromatic nitrogens is 1. The van der Waals surface area contributed by atoms with Crippen molar-refractivity contribution in [2.45, 2.75) is 12.3 Å². The average Bonchev–Trinajstić information content (AvgIpc) is 2.40. The number of nitrogens with two attached hydrogens (primary N) is 1. The molecule has 0 saturated carbocycles. The third-order valence-electron chi connectivity index (χ3n) is 2.83. The number of nitrogen functional groups attached to an aromatic ring is 1. The second kappa shape index (κ2) is 5.50. The SMILES string of the molecule is Nc1ncc(Cl)cc1C(O)c1cc(C(F)(F)F)ccc1F. The van der Waals surface area contributed by atoms with Gasteiger partial charge in [0.2, 0.25) is 0 Å². The van der Waals surface area contributed by atoms with Gasteiger partial charge in [0.05, 0.1) is 10.6 Å². The van der Waals surface area contributed by atoms with E-state index < -0.39 is 29.2 Å². The Morgan fingerprint density at radius 2 is 1.86 bits per heavy atom. The Morgan fingerprint density at radius 3 is 2.48 bits per heavy atom. The number of aliphatic hydroxyl groups is 1. The number of rotatable bonds is 2. The molecule has 0 fully saturated rings. The van der Waals surface area contributed by atoms with Crippen LogP contribution in [-0.2, 0) is 6.18 Å². The molecular formula is C13H9ClF4N2O.